The second-order valence-electron chi connectivity index (χ2n) is 15.1. The van der Waals surface area contributed by atoms with Crippen LogP contribution in [0.2, 0.25) is 0 Å². The number of benzene rings is 5. The number of thiol groups is 1. The summed E-state index contributed by atoms with van der Waals surface area (Å²) in [5, 5.41) is 0. The molecule has 1 aliphatic carbocycles. The number of aromatic nitrogens is 2. The Balaban J connectivity index is 0.000000213. The molecule has 4 heteroatoms. The van der Waals surface area contributed by atoms with E-state index in [4.69, 9.17) is 9.97 Å². The van der Waals surface area contributed by atoms with Crippen LogP contribution < -0.4 is 0 Å². The quantitative estimate of drug-likeness (QED) is 0.173. The standard InChI is InChI=1S/C29H24N2.C20H25F.CH4S/c1-21-15-17-22(18-16-21)25-13-8-14-26(19-25)28-20-27(23-9-4-2-5-10-23)30-29(31-28)24-11-6-3-7-12-24;1-13(2)17-10-9-16(21)12-19(17)18-11-15(20(4,5)6)8-7-14(18)3;1-2/h2-7,9-12,14-20H,8,13H2,1H3;7-13H,1-6H3;2H,1H3. The van der Waals surface area contributed by atoms with E-state index in [1.807, 2.05) is 30.3 Å². The minimum Gasteiger partial charge on any atom is -0.228 e. The first-order chi connectivity index (χ1) is 26.0. The van der Waals surface area contributed by atoms with Crippen molar-refractivity contribution in [2.45, 2.75) is 72.6 Å². The van der Waals surface area contributed by atoms with E-state index in [1.165, 1.54) is 39.0 Å². The van der Waals surface area contributed by atoms with E-state index in [0.717, 1.165) is 52.3 Å². The van der Waals surface area contributed by atoms with Crippen molar-refractivity contribution in [2.24, 2.45) is 0 Å². The first-order valence-corrected chi connectivity index (χ1v) is 19.7. The first kappa shape index (κ1) is 40.1. The Kier molecular flexibility index (Phi) is 13.6. The molecule has 1 aromatic heterocycles. The maximum absolute atomic E-state index is 13.8. The van der Waals surface area contributed by atoms with Crippen LogP contribution in [0.4, 0.5) is 4.39 Å². The average molecular weight is 733 g/mol. The predicted octanol–water partition coefficient (Wildman–Crippen LogP) is 14.1. The van der Waals surface area contributed by atoms with Crippen LogP contribution in [0.3, 0.4) is 0 Å². The summed E-state index contributed by atoms with van der Waals surface area (Å²) in [7, 11) is 0. The van der Waals surface area contributed by atoms with Gasteiger partial charge in [-0.05, 0) is 113 Å². The molecule has 0 fully saturated rings. The van der Waals surface area contributed by atoms with Gasteiger partial charge in [0.15, 0.2) is 5.82 Å². The van der Waals surface area contributed by atoms with Crippen LogP contribution in [-0.2, 0) is 5.41 Å². The number of rotatable bonds is 6. The van der Waals surface area contributed by atoms with Gasteiger partial charge in [-0.25, -0.2) is 14.4 Å². The molecule has 0 spiro atoms. The molecule has 0 saturated carbocycles. The Morgan fingerprint density at radius 3 is 1.91 bits per heavy atom. The van der Waals surface area contributed by atoms with Gasteiger partial charge in [-0.3, -0.25) is 0 Å². The third kappa shape index (κ3) is 10.1. The lowest BCUT2D eigenvalue weighted by atomic mass is 9.83. The van der Waals surface area contributed by atoms with E-state index in [-0.39, 0.29) is 11.2 Å². The summed E-state index contributed by atoms with van der Waals surface area (Å²) in [6.45, 7) is 15.1. The molecule has 0 radical (unpaired) electrons. The molecule has 276 valence electrons. The molecule has 5 aromatic carbocycles. The molecule has 0 amide bonds. The van der Waals surface area contributed by atoms with Crippen LogP contribution in [-0.4, -0.2) is 16.2 Å². The molecular weight excluding hydrogens is 680 g/mol. The van der Waals surface area contributed by atoms with Crippen molar-refractivity contribution < 1.29 is 4.39 Å². The summed E-state index contributed by atoms with van der Waals surface area (Å²) in [5.41, 5.74) is 15.1. The van der Waals surface area contributed by atoms with Crippen LogP contribution in [0, 0.1) is 19.7 Å². The molecule has 0 atom stereocenters. The van der Waals surface area contributed by atoms with E-state index in [2.05, 4.69) is 158 Å². The Labute approximate surface area is 328 Å². The van der Waals surface area contributed by atoms with Crippen molar-refractivity contribution in [1.29, 1.82) is 0 Å². The predicted molar refractivity (Wildman–Crippen MR) is 234 cm³/mol. The fourth-order valence-electron chi connectivity index (χ4n) is 6.59. The first-order valence-electron chi connectivity index (χ1n) is 18.8. The number of aryl methyl sites for hydroxylation is 2. The van der Waals surface area contributed by atoms with Crippen molar-refractivity contribution in [2.75, 3.05) is 6.26 Å². The van der Waals surface area contributed by atoms with Gasteiger partial charge in [0.1, 0.15) is 5.82 Å². The van der Waals surface area contributed by atoms with Gasteiger partial charge >= 0.3 is 0 Å². The van der Waals surface area contributed by atoms with Gasteiger partial charge in [-0.2, -0.15) is 12.6 Å². The zero-order chi connectivity index (χ0) is 38.8. The van der Waals surface area contributed by atoms with Crippen molar-refractivity contribution >= 4 is 23.8 Å². The number of halogens is 1. The van der Waals surface area contributed by atoms with Crippen LogP contribution in [0.25, 0.3) is 44.9 Å². The highest BCUT2D eigenvalue weighted by Gasteiger charge is 2.18. The highest BCUT2D eigenvalue weighted by molar-refractivity contribution is 7.79. The summed E-state index contributed by atoms with van der Waals surface area (Å²) >= 11 is 3.53. The topological polar surface area (TPSA) is 25.8 Å². The molecule has 1 aliphatic rings. The highest BCUT2D eigenvalue weighted by atomic mass is 32.1. The lowest BCUT2D eigenvalue weighted by Gasteiger charge is -2.22. The van der Waals surface area contributed by atoms with Gasteiger partial charge in [0.25, 0.3) is 0 Å². The van der Waals surface area contributed by atoms with E-state index in [1.54, 1.807) is 18.4 Å². The number of hydrogen-bond acceptors (Lipinski definition) is 3. The van der Waals surface area contributed by atoms with Gasteiger partial charge in [0.05, 0.1) is 11.4 Å². The molecule has 0 bridgehead atoms. The smallest absolute Gasteiger partial charge is 0.160 e. The third-order valence-corrected chi connectivity index (χ3v) is 9.68. The molecule has 0 unspecified atom stereocenters. The van der Waals surface area contributed by atoms with Crippen molar-refractivity contribution in [3.63, 3.8) is 0 Å². The maximum Gasteiger partial charge on any atom is 0.160 e. The molecule has 54 heavy (non-hydrogen) atoms. The number of hydrogen-bond donors (Lipinski definition) is 1. The zero-order valence-corrected chi connectivity index (χ0v) is 33.9. The summed E-state index contributed by atoms with van der Waals surface area (Å²) in [6, 6.07) is 43.1. The highest BCUT2D eigenvalue weighted by Crippen LogP contribution is 2.36. The Bertz CT molecular complexity index is 2150. The molecule has 2 nitrogen and oxygen atoms in total. The Morgan fingerprint density at radius 2 is 1.28 bits per heavy atom. The summed E-state index contributed by atoms with van der Waals surface area (Å²) in [6.07, 6.45) is 8.35. The third-order valence-electron chi connectivity index (χ3n) is 9.68. The van der Waals surface area contributed by atoms with Crippen LogP contribution in [0.5, 0.6) is 0 Å². The summed E-state index contributed by atoms with van der Waals surface area (Å²) in [4.78, 5) is 9.87. The van der Waals surface area contributed by atoms with E-state index in [0.29, 0.717) is 5.92 Å². The molecule has 0 saturated heterocycles. The maximum atomic E-state index is 13.8. The molecule has 7 rings (SSSR count). The SMILES string of the molecule is CS.Cc1ccc(C(C)(C)C)cc1-c1cc(F)ccc1C(C)C.Cc1ccc(C2=CC(c3cc(-c4ccccc4)nc(-c4ccccc4)n3)=CCC2)cc1. The largest absolute Gasteiger partial charge is 0.228 e. The van der Waals surface area contributed by atoms with Crippen LogP contribution in [0.15, 0.2) is 140 Å². The lowest BCUT2D eigenvalue weighted by molar-refractivity contribution is 0.590. The normalized spacial score (nSPS) is 12.5. The summed E-state index contributed by atoms with van der Waals surface area (Å²) in [5.74, 6) is 0.960. The monoisotopic (exact) mass is 732 g/mol. The minimum atomic E-state index is -0.171. The van der Waals surface area contributed by atoms with Gasteiger partial charge < -0.3 is 0 Å². The average Bonchev–Trinajstić information content (AvgIpc) is 3.19. The molecule has 0 aliphatic heterocycles. The molecule has 0 N–H and O–H groups in total. The summed E-state index contributed by atoms with van der Waals surface area (Å²) < 4.78 is 13.8. The minimum absolute atomic E-state index is 0.0910. The molecular formula is C50H53FN2S. The zero-order valence-electron chi connectivity index (χ0n) is 33.0. The van der Waals surface area contributed by atoms with Crippen molar-refractivity contribution in [3.8, 4) is 33.8 Å². The van der Waals surface area contributed by atoms with Crippen LogP contribution >= 0.6 is 12.6 Å². The fourth-order valence-corrected chi connectivity index (χ4v) is 6.59. The van der Waals surface area contributed by atoms with Gasteiger partial charge in [0.2, 0.25) is 0 Å². The fraction of sp³-hybridized carbons (Fsp3) is 0.240. The molecule has 6 aromatic rings. The number of nitrogens with zero attached hydrogens (tertiary/aromatic N) is 2. The van der Waals surface area contributed by atoms with Crippen molar-refractivity contribution in [1.82, 2.24) is 9.97 Å². The second kappa shape index (κ2) is 18.3. The van der Waals surface area contributed by atoms with Gasteiger partial charge in [-0.15, -0.1) is 0 Å². The number of allylic oxidation sites excluding steroid dienone is 4. The Morgan fingerprint density at radius 1 is 0.648 bits per heavy atom. The van der Waals surface area contributed by atoms with Gasteiger partial charge in [-0.1, -0.05) is 155 Å². The van der Waals surface area contributed by atoms with E-state index < -0.39 is 0 Å². The van der Waals surface area contributed by atoms with E-state index >= 15 is 0 Å². The molecule has 1 heterocycles. The second-order valence-corrected chi connectivity index (χ2v) is 15.1. The Hall–Kier alpha value is -5.06. The van der Waals surface area contributed by atoms with Crippen LogP contribution in [0.1, 0.15) is 86.9 Å². The van der Waals surface area contributed by atoms with E-state index in [9.17, 15) is 4.39 Å². The van der Waals surface area contributed by atoms with Gasteiger partial charge in [0, 0.05) is 11.1 Å². The van der Waals surface area contributed by atoms with Crippen molar-refractivity contribution in [3.05, 3.63) is 179 Å². The lowest BCUT2D eigenvalue weighted by Crippen LogP contribution is -2.11.